The molecule has 1 aromatic rings. The molecule has 118 valence electrons. The number of nitro groups is 1. The smallest absolute Gasteiger partial charge is 0.274 e. The van der Waals surface area contributed by atoms with E-state index < -0.39 is 4.92 Å². The zero-order valence-electron chi connectivity index (χ0n) is 11.9. The average Bonchev–Trinajstić information content (AvgIpc) is 2.47. The van der Waals surface area contributed by atoms with Gasteiger partial charge in [-0.15, -0.1) is 0 Å². The molecule has 0 heterocycles. The number of hydrogen-bond acceptors (Lipinski definition) is 6. The van der Waals surface area contributed by atoms with Crippen molar-refractivity contribution >= 4 is 11.4 Å². The van der Waals surface area contributed by atoms with E-state index in [1.54, 1.807) is 12.1 Å². The van der Waals surface area contributed by atoms with Crippen molar-refractivity contribution in [3.8, 4) is 0 Å². The molecule has 0 spiro atoms. The largest absolute Gasteiger partial charge is 0.396 e. The molecule has 0 amide bonds. The Hall–Kier alpha value is -1.70. The summed E-state index contributed by atoms with van der Waals surface area (Å²) in [6.45, 7) is 0.419. The number of aliphatic hydroxyl groups excluding tert-OH is 3. The summed E-state index contributed by atoms with van der Waals surface area (Å²) in [4.78, 5) is 10.8. The Morgan fingerprint density at radius 2 is 1.81 bits per heavy atom. The Kier molecular flexibility index (Phi) is 7.66. The Morgan fingerprint density at radius 1 is 1.14 bits per heavy atom. The zero-order chi connectivity index (χ0) is 15.7. The van der Waals surface area contributed by atoms with E-state index in [1.807, 2.05) is 0 Å². The number of rotatable bonds is 10. The monoisotopic (exact) mass is 298 g/mol. The number of aliphatic hydroxyl groups is 3. The molecule has 0 fully saturated rings. The first-order chi connectivity index (χ1) is 10.1. The van der Waals surface area contributed by atoms with Gasteiger partial charge in [0.25, 0.3) is 5.69 Å². The number of nitro benzene ring substituents is 1. The standard InChI is InChI=1S/C14H22N2O5/c17-7-1-6-15-12-2-3-13(14(10-12)16(20)21)11(4-8-18)5-9-19/h2-3,10-11,15,17-19H,1,4-9H2. The Morgan fingerprint density at radius 3 is 2.33 bits per heavy atom. The second-order valence-corrected chi connectivity index (χ2v) is 4.76. The van der Waals surface area contributed by atoms with Gasteiger partial charge in [0.15, 0.2) is 0 Å². The van der Waals surface area contributed by atoms with E-state index in [1.165, 1.54) is 6.07 Å². The number of anilines is 1. The number of hydrogen-bond donors (Lipinski definition) is 4. The zero-order valence-corrected chi connectivity index (χ0v) is 11.9. The SMILES string of the molecule is O=[N+]([O-])c1cc(NCCCO)ccc1C(CCO)CCO. The first-order valence-electron chi connectivity index (χ1n) is 6.98. The predicted octanol–water partition coefficient (Wildman–Crippen LogP) is 1.24. The molecule has 21 heavy (non-hydrogen) atoms. The van der Waals surface area contributed by atoms with Crippen LogP contribution in [-0.4, -0.2) is 46.6 Å². The molecule has 0 saturated carbocycles. The number of benzene rings is 1. The van der Waals surface area contributed by atoms with Gasteiger partial charge in [-0.3, -0.25) is 10.1 Å². The molecule has 4 N–H and O–H groups in total. The van der Waals surface area contributed by atoms with Gasteiger partial charge in [0.05, 0.1) is 4.92 Å². The van der Waals surface area contributed by atoms with E-state index in [9.17, 15) is 10.1 Å². The van der Waals surface area contributed by atoms with Gasteiger partial charge in [-0.1, -0.05) is 0 Å². The number of nitrogens with zero attached hydrogens (tertiary/aromatic N) is 1. The Bertz CT molecular complexity index is 447. The third-order valence-electron chi connectivity index (χ3n) is 3.29. The molecule has 0 unspecified atom stereocenters. The summed E-state index contributed by atoms with van der Waals surface area (Å²) in [5, 5.41) is 41.1. The predicted molar refractivity (Wildman–Crippen MR) is 79.4 cm³/mol. The lowest BCUT2D eigenvalue weighted by atomic mass is 9.91. The fourth-order valence-corrected chi connectivity index (χ4v) is 2.24. The van der Waals surface area contributed by atoms with Gasteiger partial charge in [0, 0.05) is 43.7 Å². The Balaban J connectivity index is 2.99. The van der Waals surface area contributed by atoms with Crippen LogP contribution in [0.1, 0.15) is 30.7 Å². The second kappa shape index (κ2) is 9.28. The first kappa shape index (κ1) is 17.4. The first-order valence-corrected chi connectivity index (χ1v) is 6.98. The fourth-order valence-electron chi connectivity index (χ4n) is 2.24. The average molecular weight is 298 g/mol. The van der Waals surface area contributed by atoms with Crippen molar-refractivity contribution in [2.75, 3.05) is 31.7 Å². The van der Waals surface area contributed by atoms with E-state index in [0.29, 0.717) is 37.1 Å². The normalized spacial score (nSPS) is 10.9. The van der Waals surface area contributed by atoms with Crippen LogP contribution in [0.25, 0.3) is 0 Å². The molecule has 0 bridgehead atoms. The quantitative estimate of drug-likeness (QED) is 0.293. The summed E-state index contributed by atoms with van der Waals surface area (Å²) in [5.41, 5.74) is 1.12. The molecule has 0 aliphatic carbocycles. The van der Waals surface area contributed by atoms with E-state index >= 15 is 0 Å². The minimum Gasteiger partial charge on any atom is -0.396 e. The minimum atomic E-state index is -0.450. The lowest BCUT2D eigenvalue weighted by Gasteiger charge is -2.16. The van der Waals surface area contributed by atoms with Crippen LogP contribution in [0.5, 0.6) is 0 Å². The van der Waals surface area contributed by atoms with E-state index in [4.69, 9.17) is 15.3 Å². The van der Waals surface area contributed by atoms with Crippen LogP contribution in [0.3, 0.4) is 0 Å². The maximum Gasteiger partial charge on any atom is 0.274 e. The van der Waals surface area contributed by atoms with Crippen LogP contribution < -0.4 is 5.32 Å². The van der Waals surface area contributed by atoms with Crippen LogP contribution in [0.15, 0.2) is 18.2 Å². The number of nitrogens with one attached hydrogen (secondary N) is 1. The van der Waals surface area contributed by atoms with Gasteiger partial charge >= 0.3 is 0 Å². The van der Waals surface area contributed by atoms with Gasteiger partial charge in [-0.05, 0) is 37.3 Å². The van der Waals surface area contributed by atoms with Crippen molar-refractivity contribution in [3.05, 3.63) is 33.9 Å². The molecule has 0 aliphatic heterocycles. The topological polar surface area (TPSA) is 116 Å². The van der Waals surface area contributed by atoms with Gasteiger partial charge < -0.3 is 20.6 Å². The molecule has 7 nitrogen and oxygen atoms in total. The fraction of sp³-hybridized carbons (Fsp3) is 0.571. The summed E-state index contributed by atoms with van der Waals surface area (Å²) < 4.78 is 0. The summed E-state index contributed by atoms with van der Waals surface area (Å²) in [7, 11) is 0. The Labute approximate surface area is 123 Å². The van der Waals surface area contributed by atoms with Crippen molar-refractivity contribution in [2.45, 2.75) is 25.2 Å². The second-order valence-electron chi connectivity index (χ2n) is 4.76. The van der Waals surface area contributed by atoms with Crippen molar-refractivity contribution in [1.82, 2.24) is 0 Å². The van der Waals surface area contributed by atoms with Gasteiger partial charge in [-0.25, -0.2) is 0 Å². The summed E-state index contributed by atoms with van der Waals surface area (Å²) in [6.07, 6.45) is 1.31. The highest BCUT2D eigenvalue weighted by molar-refractivity contribution is 5.56. The van der Waals surface area contributed by atoms with Crippen molar-refractivity contribution < 1.29 is 20.2 Å². The van der Waals surface area contributed by atoms with E-state index in [-0.39, 0.29) is 31.4 Å². The molecular weight excluding hydrogens is 276 g/mol. The van der Waals surface area contributed by atoms with E-state index in [0.717, 1.165) is 0 Å². The minimum absolute atomic E-state index is 0.0177. The van der Waals surface area contributed by atoms with Gasteiger partial charge in [0.2, 0.25) is 0 Å². The lowest BCUT2D eigenvalue weighted by Crippen LogP contribution is -2.09. The lowest BCUT2D eigenvalue weighted by molar-refractivity contribution is -0.385. The molecule has 1 aromatic carbocycles. The molecule has 0 aliphatic rings. The van der Waals surface area contributed by atoms with Crippen LogP contribution in [-0.2, 0) is 0 Å². The molecule has 0 aromatic heterocycles. The molecule has 0 saturated heterocycles. The molecule has 0 atom stereocenters. The van der Waals surface area contributed by atoms with Crippen LogP contribution in [0, 0.1) is 10.1 Å². The van der Waals surface area contributed by atoms with Crippen LogP contribution in [0.4, 0.5) is 11.4 Å². The van der Waals surface area contributed by atoms with Crippen LogP contribution >= 0.6 is 0 Å². The summed E-state index contributed by atoms with van der Waals surface area (Å²) >= 11 is 0. The van der Waals surface area contributed by atoms with Crippen molar-refractivity contribution in [3.63, 3.8) is 0 Å². The van der Waals surface area contributed by atoms with Gasteiger partial charge in [-0.2, -0.15) is 0 Å². The van der Waals surface area contributed by atoms with Crippen molar-refractivity contribution in [2.24, 2.45) is 0 Å². The van der Waals surface area contributed by atoms with E-state index in [2.05, 4.69) is 5.32 Å². The highest BCUT2D eigenvalue weighted by atomic mass is 16.6. The van der Waals surface area contributed by atoms with Gasteiger partial charge in [0.1, 0.15) is 0 Å². The third kappa shape index (κ3) is 5.30. The van der Waals surface area contributed by atoms with Crippen molar-refractivity contribution in [1.29, 1.82) is 0 Å². The molecule has 1 rings (SSSR count). The maximum atomic E-state index is 11.2. The maximum absolute atomic E-state index is 11.2. The highest BCUT2D eigenvalue weighted by Gasteiger charge is 2.22. The highest BCUT2D eigenvalue weighted by Crippen LogP contribution is 2.33. The summed E-state index contributed by atoms with van der Waals surface area (Å²) in [6, 6.07) is 4.85. The molecule has 0 radical (unpaired) electrons. The molecule has 7 heteroatoms. The third-order valence-corrected chi connectivity index (χ3v) is 3.29. The van der Waals surface area contributed by atoms with Crippen LogP contribution in [0.2, 0.25) is 0 Å². The molecular formula is C14H22N2O5. The summed E-state index contributed by atoms with van der Waals surface area (Å²) in [5.74, 6) is -0.244.